The van der Waals surface area contributed by atoms with Crippen LogP contribution in [0.3, 0.4) is 0 Å². The third-order valence-electron chi connectivity index (χ3n) is 1.39. The van der Waals surface area contributed by atoms with Gasteiger partial charge in [-0.2, -0.15) is 0 Å². The molecule has 1 unspecified atom stereocenters. The summed E-state index contributed by atoms with van der Waals surface area (Å²) in [7, 11) is 0. The van der Waals surface area contributed by atoms with E-state index in [1.807, 2.05) is 0 Å². The van der Waals surface area contributed by atoms with Gasteiger partial charge in [-0.05, 0) is 0 Å². The lowest BCUT2D eigenvalue weighted by Crippen LogP contribution is -2.44. The van der Waals surface area contributed by atoms with Crippen LogP contribution in [0.5, 0.6) is 0 Å². The molecule has 6 N–H and O–H groups in total. The maximum atomic E-state index is 10.8. The second-order valence-corrected chi connectivity index (χ2v) is 2.35. The number of Topliss-reactive ketones (excluding diaryl/α,β-unsaturated/α-hetero) is 1. The average molecular weight is 179 g/mol. The van der Waals surface area contributed by atoms with Crippen molar-refractivity contribution < 1.29 is 25.2 Å². The molecule has 6 heteroatoms. The largest absolute Gasteiger partial charge is 0.394 e. The summed E-state index contributed by atoms with van der Waals surface area (Å²) in [6.45, 7) is -1.07. The first-order valence-corrected chi connectivity index (χ1v) is 3.43. The minimum atomic E-state index is -1.78. The number of aliphatic hydroxyl groups is 4. The number of rotatable bonds is 5. The van der Waals surface area contributed by atoms with Crippen molar-refractivity contribution in [3.8, 4) is 0 Å². The summed E-state index contributed by atoms with van der Waals surface area (Å²) in [5.41, 5.74) is 4.93. The molecule has 0 heterocycles. The zero-order chi connectivity index (χ0) is 9.72. The van der Waals surface area contributed by atoms with Crippen molar-refractivity contribution in [1.82, 2.24) is 0 Å². The van der Waals surface area contributed by atoms with Gasteiger partial charge in [-0.15, -0.1) is 0 Å². The van der Waals surface area contributed by atoms with Crippen molar-refractivity contribution >= 4 is 5.78 Å². The number of carbonyl (C=O) groups is 1. The van der Waals surface area contributed by atoms with E-state index in [4.69, 9.17) is 26.2 Å². The molecule has 0 fully saturated rings. The predicted octanol–water partition coefficient (Wildman–Crippen LogP) is -3.41. The van der Waals surface area contributed by atoms with Gasteiger partial charge in [0.2, 0.25) is 0 Å². The molecular formula is C6H13NO5. The Kier molecular flexibility index (Phi) is 4.95. The van der Waals surface area contributed by atoms with E-state index in [1.165, 1.54) is 0 Å². The van der Waals surface area contributed by atoms with Gasteiger partial charge in [-0.1, -0.05) is 0 Å². The highest BCUT2D eigenvalue weighted by molar-refractivity contribution is 5.87. The van der Waals surface area contributed by atoms with Crippen LogP contribution in [0, 0.1) is 0 Å². The van der Waals surface area contributed by atoms with Crippen LogP contribution in [0.1, 0.15) is 0 Å². The molecule has 0 aliphatic carbocycles. The molecule has 0 saturated carbocycles. The normalized spacial score (nSPS) is 18.4. The van der Waals surface area contributed by atoms with Gasteiger partial charge in [0, 0.05) is 6.54 Å². The van der Waals surface area contributed by atoms with E-state index in [2.05, 4.69) is 0 Å². The van der Waals surface area contributed by atoms with Crippen LogP contribution in [0.15, 0.2) is 0 Å². The second kappa shape index (κ2) is 5.18. The van der Waals surface area contributed by atoms with E-state index >= 15 is 0 Å². The van der Waals surface area contributed by atoms with Crippen LogP contribution < -0.4 is 5.73 Å². The standard InChI is InChI=1S/C6H13NO5/c7-1-3(9)5(11)6(12)4(10)2-8/h3-4,6,8-10,12H,1-2,7H2/t3?,4-,6-/m1/s1. The van der Waals surface area contributed by atoms with Crippen LogP contribution in [0.2, 0.25) is 0 Å². The smallest absolute Gasteiger partial charge is 0.193 e. The monoisotopic (exact) mass is 179 g/mol. The Hall–Kier alpha value is -0.530. The zero-order valence-corrected chi connectivity index (χ0v) is 6.42. The summed E-state index contributed by atoms with van der Waals surface area (Å²) in [5, 5.41) is 34.8. The molecule has 0 aromatic rings. The highest BCUT2D eigenvalue weighted by atomic mass is 16.4. The highest BCUT2D eigenvalue weighted by Gasteiger charge is 2.27. The van der Waals surface area contributed by atoms with Gasteiger partial charge in [0.25, 0.3) is 0 Å². The van der Waals surface area contributed by atoms with Crippen LogP contribution in [0.25, 0.3) is 0 Å². The molecule has 12 heavy (non-hydrogen) atoms. The molecular weight excluding hydrogens is 166 g/mol. The Morgan fingerprint density at radius 3 is 2.17 bits per heavy atom. The second-order valence-electron chi connectivity index (χ2n) is 2.35. The van der Waals surface area contributed by atoms with E-state index in [1.54, 1.807) is 0 Å². The number of hydrogen-bond donors (Lipinski definition) is 5. The quantitative estimate of drug-likeness (QED) is 0.299. The van der Waals surface area contributed by atoms with Crippen molar-refractivity contribution in [3.05, 3.63) is 0 Å². The van der Waals surface area contributed by atoms with E-state index in [-0.39, 0.29) is 6.54 Å². The third kappa shape index (κ3) is 2.84. The van der Waals surface area contributed by atoms with E-state index in [0.29, 0.717) is 0 Å². The summed E-state index contributed by atoms with van der Waals surface area (Å²) in [4.78, 5) is 10.8. The summed E-state index contributed by atoms with van der Waals surface area (Å²) >= 11 is 0. The molecule has 72 valence electrons. The first-order valence-electron chi connectivity index (χ1n) is 3.43. The maximum absolute atomic E-state index is 10.8. The molecule has 0 aromatic heterocycles. The third-order valence-corrected chi connectivity index (χ3v) is 1.39. The van der Waals surface area contributed by atoms with Crippen molar-refractivity contribution in [3.63, 3.8) is 0 Å². The first kappa shape index (κ1) is 11.5. The lowest BCUT2D eigenvalue weighted by molar-refractivity contribution is -0.142. The Labute approximate surface area is 69.2 Å². The van der Waals surface area contributed by atoms with E-state index < -0.39 is 30.7 Å². The minimum Gasteiger partial charge on any atom is -0.394 e. The van der Waals surface area contributed by atoms with Gasteiger partial charge in [0.15, 0.2) is 5.78 Å². The Balaban J connectivity index is 4.09. The first-order chi connectivity index (χ1) is 5.54. The molecule has 3 atom stereocenters. The molecule has 0 aliphatic heterocycles. The molecule has 0 aromatic carbocycles. The Morgan fingerprint density at radius 1 is 1.33 bits per heavy atom. The van der Waals surface area contributed by atoms with Gasteiger partial charge in [0.1, 0.15) is 18.3 Å². The molecule has 0 spiro atoms. The summed E-state index contributed by atoms with van der Waals surface area (Å²) in [5.74, 6) is -0.987. The van der Waals surface area contributed by atoms with Crippen molar-refractivity contribution in [2.24, 2.45) is 5.73 Å². The molecule has 6 nitrogen and oxygen atoms in total. The predicted molar refractivity (Wildman–Crippen MR) is 39.2 cm³/mol. The van der Waals surface area contributed by atoms with E-state index in [9.17, 15) is 4.79 Å². The van der Waals surface area contributed by atoms with Gasteiger partial charge in [0.05, 0.1) is 6.61 Å². The number of aliphatic hydroxyl groups excluding tert-OH is 4. The molecule has 0 aliphatic rings. The number of carbonyl (C=O) groups excluding carboxylic acids is 1. The van der Waals surface area contributed by atoms with Gasteiger partial charge in [-0.3, -0.25) is 4.79 Å². The lowest BCUT2D eigenvalue weighted by atomic mass is 10.1. The minimum absolute atomic E-state index is 0.325. The zero-order valence-electron chi connectivity index (χ0n) is 6.42. The van der Waals surface area contributed by atoms with Crippen LogP contribution in [0.4, 0.5) is 0 Å². The van der Waals surface area contributed by atoms with E-state index in [0.717, 1.165) is 0 Å². The number of ketones is 1. The molecule has 0 radical (unpaired) electrons. The SMILES string of the molecule is NCC(O)C(=O)[C@H](O)[C@H](O)CO. The maximum Gasteiger partial charge on any atom is 0.193 e. The van der Waals surface area contributed by atoms with Crippen molar-refractivity contribution in [1.29, 1.82) is 0 Å². The Morgan fingerprint density at radius 2 is 1.83 bits per heavy atom. The summed E-state index contributed by atoms with van der Waals surface area (Å²) in [6, 6.07) is 0. The fourth-order valence-electron chi connectivity index (χ4n) is 0.603. The van der Waals surface area contributed by atoms with Gasteiger partial charge < -0.3 is 26.2 Å². The summed E-state index contributed by atoms with van der Waals surface area (Å²) in [6.07, 6.45) is -4.85. The van der Waals surface area contributed by atoms with Crippen LogP contribution in [-0.2, 0) is 4.79 Å². The fraction of sp³-hybridized carbons (Fsp3) is 0.833. The topological polar surface area (TPSA) is 124 Å². The molecule has 0 rings (SSSR count). The molecule has 0 saturated heterocycles. The lowest BCUT2D eigenvalue weighted by Gasteiger charge is -2.16. The molecule has 0 bridgehead atoms. The number of nitrogens with two attached hydrogens (primary N) is 1. The van der Waals surface area contributed by atoms with Crippen LogP contribution in [-0.4, -0.2) is 57.7 Å². The Bertz CT molecular complexity index is 151. The number of hydrogen-bond acceptors (Lipinski definition) is 6. The van der Waals surface area contributed by atoms with Gasteiger partial charge >= 0.3 is 0 Å². The average Bonchev–Trinajstić information content (AvgIpc) is 2.12. The summed E-state index contributed by atoms with van der Waals surface area (Å²) < 4.78 is 0. The molecule has 0 amide bonds. The highest BCUT2D eigenvalue weighted by Crippen LogP contribution is 1.97. The van der Waals surface area contributed by atoms with Crippen molar-refractivity contribution in [2.75, 3.05) is 13.2 Å². The van der Waals surface area contributed by atoms with Crippen LogP contribution >= 0.6 is 0 Å². The van der Waals surface area contributed by atoms with Crippen molar-refractivity contribution in [2.45, 2.75) is 18.3 Å². The fourth-order valence-corrected chi connectivity index (χ4v) is 0.603. The van der Waals surface area contributed by atoms with Gasteiger partial charge in [-0.25, -0.2) is 0 Å².